The highest BCUT2D eigenvalue weighted by molar-refractivity contribution is 7.91. The smallest absolute Gasteiger partial charge is 0.365 e. The van der Waals surface area contributed by atoms with E-state index in [-0.39, 0.29) is 29.6 Å². The summed E-state index contributed by atoms with van der Waals surface area (Å²) in [6.07, 6.45) is -10.1. The number of carbonyl (C=O) groups is 1. The minimum Gasteiger partial charge on any atom is -0.365 e. The van der Waals surface area contributed by atoms with Gasteiger partial charge in [-0.05, 0) is 30.7 Å². The normalized spacial score (nSPS) is 18.9. The van der Waals surface area contributed by atoms with Gasteiger partial charge in [0.25, 0.3) is 5.91 Å². The number of nitrogens with one attached hydrogen (secondary N) is 2. The number of hydrogen-bond donors (Lipinski definition) is 2. The molecule has 2 aromatic rings. The fourth-order valence-corrected chi connectivity index (χ4v) is 4.13. The van der Waals surface area contributed by atoms with Crippen LogP contribution in [0, 0.1) is 11.7 Å². The Kier molecular flexibility index (Phi) is 6.86. The van der Waals surface area contributed by atoms with E-state index in [1.54, 1.807) is 0 Å². The molecule has 1 aliphatic rings. The Morgan fingerprint density at radius 3 is 2.53 bits per heavy atom. The van der Waals surface area contributed by atoms with Crippen molar-refractivity contribution in [1.82, 2.24) is 4.98 Å². The lowest BCUT2D eigenvalue weighted by Crippen LogP contribution is -2.50. The van der Waals surface area contributed by atoms with Crippen LogP contribution in [0.2, 0.25) is 0 Å². The van der Waals surface area contributed by atoms with E-state index in [1.165, 1.54) is 24.3 Å². The zero-order chi connectivity index (χ0) is 25.5. The predicted molar refractivity (Wildman–Crippen MR) is 111 cm³/mol. The van der Waals surface area contributed by atoms with Gasteiger partial charge in [-0.1, -0.05) is 6.07 Å². The summed E-state index contributed by atoms with van der Waals surface area (Å²) < 4.78 is 104. The van der Waals surface area contributed by atoms with Gasteiger partial charge in [0.15, 0.2) is 6.10 Å². The van der Waals surface area contributed by atoms with Gasteiger partial charge < -0.3 is 15.0 Å². The van der Waals surface area contributed by atoms with Crippen molar-refractivity contribution in [3.05, 3.63) is 47.2 Å². The second-order valence-corrected chi connectivity index (χ2v) is 9.82. The van der Waals surface area contributed by atoms with Crippen molar-refractivity contribution in [2.45, 2.75) is 30.3 Å². The van der Waals surface area contributed by atoms with Gasteiger partial charge in [0.2, 0.25) is 0 Å². The van der Waals surface area contributed by atoms with E-state index < -0.39 is 57.3 Å². The fourth-order valence-electron chi connectivity index (χ4n) is 3.44. The maximum Gasteiger partial charge on any atom is 0.418 e. The van der Waals surface area contributed by atoms with Gasteiger partial charge >= 0.3 is 12.4 Å². The lowest BCUT2D eigenvalue weighted by Gasteiger charge is -2.35. The highest BCUT2D eigenvalue weighted by atomic mass is 32.2. The van der Waals surface area contributed by atoms with Gasteiger partial charge in [0.1, 0.15) is 5.82 Å². The molecule has 1 aromatic carbocycles. The summed E-state index contributed by atoms with van der Waals surface area (Å²) in [5, 5.41) is 2.38. The van der Waals surface area contributed by atoms with Crippen molar-refractivity contribution in [1.29, 1.82) is 4.78 Å². The first-order valence-electron chi connectivity index (χ1n) is 9.74. The second-order valence-electron chi connectivity index (χ2n) is 7.67. The molecule has 0 saturated carbocycles. The molecule has 1 fully saturated rings. The number of aromatic nitrogens is 1. The number of halogens is 6. The SMILES string of the molecule is Cc1c(C(F)(F)F)cnc(N2CCO[C@@H](C(F)(F)F)C2)c1C(=O)Nc1cccc([S@](C)(=N)=O)c1. The van der Waals surface area contributed by atoms with Crippen molar-refractivity contribution < 1.29 is 40.1 Å². The Bertz CT molecular complexity index is 1200. The van der Waals surface area contributed by atoms with Crippen LogP contribution >= 0.6 is 0 Å². The topological polar surface area (TPSA) is 95.4 Å². The number of nitrogens with zero attached hydrogens (tertiary/aromatic N) is 2. The zero-order valence-electron chi connectivity index (χ0n) is 17.9. The number of anilines is 2. The molecule has 1 saturated heterocycles. The van der Waals surface area contributed by atoms with Crippen LogP contribution in [0.5, 0.6) is 0 Å². The molecule has 0 aliphatic carbocycles. The molecular weight excluding hydrogens is 490 g/mol. The number of pyridine rings is 1. The number of rotatable bonds is 4. The van der Waals surface area contributed by atoms with Crippen molar-refractivity contribution in [3.8, 4) is 0 Å². The van der Waals surface area contributed by atoms with Gasteiger partial charge in [-0.3, -0.25) is 4.79 Å². The van der Waals surface area contributed by atoms with Gasteiger partial charge in [-0.2, -0.15) is 26.3 Å². The number of carbonyl (C=O) groups excluding carboxylic acids is 1. The number of benzene rings is 1. The van der Waals surface area contributed by atoms with Crippen LogP contribution in [-0.4, -0.2) is 53.3 Å². The number of amides is 1. The first-order chi connectivity index (χ1) is 15.6. The molecule has 0 spiro atoms. The highest BCUT2D eigenvalue weighted by Crippen LogP contribution is 2.37. The average Bonchev–Trinajstić information content (AvgIpc) is 2.71. The number of ether oxygens (including phenoxy) is 1. The van der Waals surface area contributed by atoms with Crippen LogP contribution in [0.1, 0.15) is 21.5 Å². The van der Waals surface area contributed by atoms with Crippen molar-refractivity contribution in [2.24, 2.45) is 0 Å². The Labute approximate surface area is 191 Å². The molecule has 1 aromatic heterocycles. The van der Waals surface area contributed by atoms with E-state index in [4.69, 9.17) is 9.52 Å². The molecule has 2 N–H and O–H groups in total. The summed E-state index contributed by atoms with van der Waals surface area (Å²) in [7, 11) is -3.15. The summed E-state index contributed by atoms with van der Waals surface area (Å²) in [5.41, 5.74) is -2.23. The lowest BCUT2D eigenvalue weighted by atomic mass is 10.0. The Hall–Kier alpha value is -2.87. The van der Waals surface area contributed by atoms with E-state index in [2.05, 4.69) is 10.3 Å². The molecule has 1 amide bonds. The van der Waals surface area contributed by atoms with Crippen LogP contribution < -0.4 is 10.2 Å². The molecule has 0 radical (unpaired) electrons. The minimum atomic E-state index is -4.86. The molecule has 7 nitrogen and oxygen atoms in total. The summed E-state index contributed by atoms with van der Waals surface area (Å²) in [6.45, 7) is -0.224. The van der Waals surface area contributed by atoms with Gasteiger partial charge in [-0.15, -0.1) is 0 Å². The third-order valence-electron chi connectivity index (χ3n) is 5.12. The number of alkyl halides is 6. The molecular formula is C20H20F6N4O3S. The van der Waals surface area contributed by atoms with E-state index >= 15 is 0 Å². The third-order valence-corrected chi connectivity index (χ3v) is 6.28. The first kappa shape index (κ1) is 25.7. The highest BCUT2D eigenvalue weighted by Gasteiger charge is 2.44. The molecule has 0 unspecified atom stereocenters. The van der Waals surface area contributed by atoms with E-state index in [1.807, 2.05) is 0 Å². The van der Waals surface area contributed by atoms with E-state index in [9.17, 15) is 35.3 Å². The van der Waals surface area contributed by atoms with Crippen LogP contribution in [0.25, 0.3) is 0 Å². The molecule has 34 heavy (non-hydrogen) atoms. The summed E-state index contributed by atoms with van der Waals surface area (Å²) >= 11 is 0. The molecule has 186 valence electrons. The van der Waals surface area contributed by atoms with Crippen molar-refractivity contribution in [3.63, 3.8) is 0 Å². The molecule has 2 atom stereocenters. The quantitative estimate of drug-likeness (QED) is 0.593. The minimum absolute atomic E-state index is 0.0437. The molecule has 14 heteroatoms. The standard InChI is InChI=1S/C20H20F6N4O3S/c1-11-14(19(21,22)23)9-28-17(30-6-7-33-15(10-30)20(24,25)26)16(11)18(31)29-12-4-3-5-13(8-12)34(2,27)32/h3-5,8-9,15,27H,6-7,10H2,1-2H3,(H,29,31)/t15-,34-/m1/s1. The van der Waals surface area contributed by atoms with Crippen LogP contribution in [0.3, 0.4) is 0 Å². The summed E-state index contributed by atoms with van der Waals surface area (Å²) in [4.78, 5) is 17.9. The lowest BCUT2D eigenvalue weighted by molar-refractivity contribution is -0.221. The van der Waals surface area contributed by atoms with Gasteiger partial charge in [-0.25, -0.2) is 14.0 Å². The second kappa shape index (κ2) is 9.06. The number of hydrogen-bond acceptors (Lipinski definition) is 6. The Balaban J connectivity index is 2.06. The van der Waals surface area contributed by atoms with Crippen LogP contribution in [0.4, 0.5) is 37.8 Å². The van der Waals surface area contributed by atoms with E-state index in [0.717, 1.165) is 18.1 Å². The van der Waals surface area contributed by atoms with Crippen molar-refractivity contribution >= 4 is 27.1 Å². The molecule has 1 aliphatic heterocycles. The molecule has 3 rings (SSSR count). The molecule has 2 heterocycles. The maximum absolute atomic E-state index is 13.5. The molecule has 0 bridgehead atoms. The Morgan fingerprint density at radius 1 is 1.26 bits per heavy atom. The summed E-state index contributed by atoms with van der Waals surface area (Å²) in [5.74, 6) is -1.40. The van der Waals surface area contributed by atoms with Crippen LogP contribution in [-0.2, 0) is 20.6 Å². The van der Waals surface area contributed by atoms with Crippen molar-refractivity contribution in [2.75, 3.05) is 36.2 Å². The van der Waals surface area contributed by atoms with Crippen LogP contribution in [0.15, 0.2) is 35.4 Å². The zero-order valence-corrected chi connectivity index (χ0v) is 18.7. The number of morpholine rings is 1. The predicted octanol–water partition coefficient (Wildman–Crippen LogP) is 4.46. The van der Waals surface area contributed by atoms with Gasteiger partial charge in [0, 0.05) is 29.6 Å². The average molecular weight is 510 g/mol. The third kappa shape index (κ3) is 5.60. The summed E-state index contributed by atoms with van der Waals surface area (Å²) in [6, 6.07) is 5.39. The maximum atomic E-state index is 13.5. The van der Waals surface area contributed by atoms with Gasteiger partial charge in [0.05, 0.1) is 34.0 Å². The van der Waals surface area contributed by atoms with E-state index in [0.29, 0.717) is 6.20 Å². The first-order valence-corrected chi connectivity index (χ1v) is 11.7. The Morgan fingerprint density at radius 2 is 1.94 bits per heavy atom. The fraction of sp³-hybridized carbons (Fsp3) is 0.400. The largest absolute Gasteiger partial charge is 0.418 e. The monoisotopic (exact) mass is 510 g/mol.